The number of carboxylic acid groups (broad SMARTS) is 1. The second kappa shape index (κ2) is 8.25. The van der Waals surface area contributed by atoms with Crippen LogP contribution in [0.5, 0.6) is 0 Å². The fourth-order valence-electron chi connectivity index (χ4n) is 3.13. The van der Waals surface area contributed by atoms with Crippen molar-refractivity contribution in [3.8, 4) is 0 Å². The van der Waals surface area contributed by atoms with E-state index in [4.69, 9.17) is 9.90 Å². The van der Waals surface area contributed by atoms with Gasteiger partial charge >= 0.3 is 12.1 Å². The van der Waals surface area contributed by atoms with Gasteiger partial charge in [0.25, 0.3) is 0 Å². The molecule has 2 aliphatic rings. The number of carboxylic acids is 1. The van der Waals surface area contributed by atoms with Crippen molar-refractivity contribution in [3.05, 3.63) is 18.2 Å². The van der Waals surface area contributed by atoms with Gasteiger partial charge in [0, 0.05) is 39.1 Å². The van der Waals surface area contributed by atoms with Crippen molar-refractivity contribution in [2.24, 2.45) is 5.41 Å². The van der Waals surface area contributed by atoms with E-state index in [-0.39, 0.29) is 11.3 Å². The number of hydrogen-bond acceptors (Lipinski definition) is 6. The molecule has 2 aliphatic heterocycles. The van der Waals surface area contributed by atoms with Gasteiger partial charge in [-0.1, -0.05) is 0 Å². The van der Waals surface area contributed by atoms with Crippen LogP contribution >= 0.6 is 0 Å². The highest BCUT2D eigenvalue weighted by Crippen LogP contribution is 2.40. The van der Waals surface area contributed by atoms with Crippen LogP contribution in [-0.2, 0) is 9.59 Å². The lowest BCUT2D eigenvalue weighted by Gasteiger charge is -2.48. The lowest BCUT2D eigenvalue weighted by Crippen LogP contribution is -2.58. The van der Waals surface area contributed by atoms with Crippen molar-refractivity contribution in [2.45, 2.75) is 12.6 Å². The number of likely N-dealkylation sites (tertiary alicyclic amines) is 1. The zero-order chi connectivity index (χ0) is 21.1. The highest BCUT2D eigenvalue weighted by atomic mass is 19.4. The van der Waals surface area contributed by atoms with Gasteiger partial charge in [0.1, 0.15) is 0 Å². The summed E-state index contributed by atoms with van der Waals surface area (Å²) in [5, 5.41) is 7.12. The highest BCUT2D eigenvalue weighted by Gasteiger charge is 2.48. The lowest BCUT2D eigenvalue weighted by molar-refractivity contribution is -0.192. The first-order valence-electron chi connectivity index (χ1n) is 8.37. The topological polar surface area (TPSA) is 89.9 Å². The standard InChI is InChI=1S/C14H20FN5O.C2HF3O2/c1-18(2)12(21)7-19-4-3-14(8-19)9-20(10-14)13-16-5-11(15)6-17-13;3-2(4,5)1(6)7/h5-6H,3-4,7-10H2,1-2H3;(H,6,7). The number of carbonyl (C=O) groups excluding carboxylic acids is 1. The fraction of sp³-hybridized carbons (Fsp3) is 0.625. The third-order valence-corrected chi connectivity index (χ3v) is 4.56. The molecule has 0 bridgehead atoms. The summed E-state index contributed by atoms with van der Waals surface area (Å²) in [6, 6.07) is 0. The average molecular weight is 407 g/mol. The van der Waals surface area contributed by atoms with Gasteiger partial charge in [-0.15, -0.1) is 0 Å². The zero-order valence-electron chi connectivity index (χ0n) is 15.4. The summed E-state index contributed by atoms with van der Waals surface area (Å²) in [5.41, 5.74) is 0.240. The quantitative estimate of drug-likeness (QED) is 0.743. The highest BCUT2D eigenvalue weighted by molar-refractivity contribution is 5.77. The van der Waals surface area contributed by atoms with E-state index in [0.29, 0.717) is 12.5 Å². The average Bonchev–Trinajstić information content (AvgIpc) is 2.98. The summed E-state index contributed by atoms with van der Waals surface area (Å²) in [5.74, 6) is -2.44. The Kier molecular flexibility index (Phi) is 6.42. The van der Waals surface area contributed by atoms with Crippen LogP contribution < -0.4 is 4.90 Å². The molecule has 1 aromatic rings. The molecule has 0 atom stereocenters. The Morgan fingerprint density at radius 1 is 1.21 bits per heavy atom. The van der Waals surface area contributed by atoms with Crippen molar-refractivity contribution < 1.29 is 32.3 Å². The van der Waals surface area contributed by atoms with Crippen molar-refractivity contribution in [3.63, 3.8) is 0 Å². The molecule has 8 nitrogen and oxygen atoms in total. The van der Waals surface area contributed by atoms with Crippen LogP contribution in [0.2, 0.25) is 0 Å². The molecule has 0 aliphatic carbocycles. The molecule has 12 heteroatoms. The number of anilines is 1. The number of alkyl halides is 3. The van der Waals surface area contributed by atoms with Crippen LogP contribution in [0.25, 0.3) is 0 Å². The number of hydrogen-bond donors (Lipinski definition) is 1. The minimum absolute atomic E-state index is 0.144. The zero-order valence-corrected chi connectivity index (χ0v) is 15.4. The van der Waals surface area contributed by atoms with Gasteiger partial charge in [0.2, 0.25) is 11.9 Å². The monoisotopic (exact) mass is 407 g/mol. The number of amides is 1. The number of halogens is 4. The second-order valence-corrected chi connectivity index (χ2v) is 7.11. The van der Waals surface area contributed by atoms with Gasteiger partial charge in [-0.2, -0.15) is 13.2 Å². The Morgan fingerprint density at radius 2 is 1.75 bits per heavy atom. The van der Waals surface area contributed by atoms with E-state index >= 15 is 0 Å². The van der Waals surface area contributed by atoms with Gasteiger partial charge in [-0.25, -0.2) is 19.2 Å². The minimum atomic E-state index is -5.08. The van der Waals surface area contributed by atoms with E-state index in [9.17, 15) is 22.4 Å². The second-order valence-electron chi connectivity index (χ2n) is 7.11. The molecule has 1 spiro atoms. The lowest BCUT2D eigenvalue weighted by atomic mass is 9.79. The molecule has 0 aromatic carbocycles. The molecule has 0 radical (unpaired) electrons. The molecular weight excluding hydrogens is 386 g/mol. The first-order valence-corrected chi connectivity index (χ1v) is 8.37. The maximum absolute atomic E-state index is 12.8. The Hall–Kier alpha value is -2.50. The van der Waals surface area contributed by atoms with Crippen molar-refractivity contribution >= 4 is 17.8 Å². The largest absolute Gasteiger partial charge is 0.490 e. The Bertz CT molecular complexity index is 705. The molecule has 0 saturated carbocycles. The van der Waals surface area contributed by atoms with Gasteiger partial charge in [0.15, 0.2) is 5.82 Å². The van der Waals surface area contributed by atoms with E-state index in [2.05, 4.69) is 19.8 Å². The van der Waals surface area contributed by atoms with E-state index in [0.717, 1.165) is 32.6 Å². The van der Waals surface area contributed by atoms with Crippen LogP contribution in [-0.4, -0.2) is 89.7 Å². The summed E-state index contributed by atoms with van der Waals surface area (Å²) in [6.45, 7) is 4.14. The van der Waals surface area contributed by atoms with E-state index in [1.165, 1.54) is 12.4 Å². The van der Waals surface area contributed by atoms with Gasteiger partial charge in [0.05, 0.1) is 18.9 Å². The van der Waals surface area contributed by atoms with Crippen molar-refractivity contribution in [2.75, 3.05) is 51.7 Å². The molecule has 28 heavy (non-hydrogen) atoms. The predicted molar refractivity (Wildman–Crippen MR) is 90.1 cm³/mol. The van der Waals surface area contributed by atoms with E-state index in [1.54, 1.807) is 19.0 Å². The van der Waals surface area contributed by atoms with Crippen LogP contribution in [0.4, 0.5) is 23.5 Å². The third-order valence-electron chi connectivity index (χ3n) is 4.56. The summed E-state index contributed by atoms with van der Waals surface area (Å²) in [7, 11) is 3.57. The number of rotatable bonds is 3. The predicted octanol–water partition coefficient (Wildman–Crippen LogP) is 0.849. The number of aliphatic carboxylic acids is 1. The minimum Gasteiger partial charge on any atom is -0.475 e. The van der Waals surface area contributed by atoms with Crippen molar-refractivity contribution in [1.82, 2.24) is 19.8 Å². The molecule has 3 heterocycles. The summed E-state index contributed by atoms with van der Waals surface area (Å²) >= 11 is 0. The Balaban J connectivity index is 0.000000345. The van der Waals surface area contributed by atoms with E-state index < -0.39 is 18.0 Å². The van der Waals surface area contributed by atoms with E-state index in [1.807, 2.05) is 0 Å². The molecule has 2 fully saturated rings. The number of carbonyl (C=O) groups is 2. The molecule has 0 unspecified atom stereocenters. The maximum Gasteiger partial charge on any atom is 0.490 e. The van der Waals surface area contributed by atoms with Crippen LogP contribution in [0.15, 0.2) is 12.4 Å². The van der Waals surface area contributed by atoms with Gasteiger partial charge < -0.3 is 14.9 Å². The van der Waals surface area contributed by atoms with Crippen molar-refractivity contribution in [1.29, 1.82) is 0 Å². The molecular formula is C16H21F4N5O3. The number of likely N-dealkylation sites (N-methyl/N-ethyl adjacent to an activating group) is 1. The summed E-state index contributed by atoms with van der Waals surface area (Å²) in [6.07, 6.45) is -1.60. The first-order chi connectivity index (χ1) is 12.9. The molecule has 1 amide bonds. The van der Waals surface area contributed by atoms with Crippen LogP contribution in [0.3, 0.4) is 0 Å². The third kappa shape index (κ3) is 5.50. The number of nitrogens with zero attached hydrogens (tertiary/aromatic N) is 5. The first kappa shape index (κ1) is 21.8. The SMILES string of the molecule is CN(C)C(=O)CN1CCC2(C1)CN(c1ncc(F)cn1)C2.O=C(O)C(F)(F)F. The van der Waals surface area contributed by atoms with Gasteiger partial charge in [-0.05, 0) is 13.0 Å². The van der Waals surface area contributed by atoms with Crippen LogP contribution in [0, 0.1) is 11.2 Å². The maximum atomic E-state index is 12.8. The normalized spacial score (nSPS) is 18.3. The molecule has 156 valence electrons. The smallest absolute Gasteiger partial charge is 0.475 e. The molecule has 2 saturated heterocycles. The molecule has 1 N–H and O–H groups in total. The Morgan fingerprint density at radius 3 is 2.21 bits per heavy atom. The molecule has 3 rings (SSSR count). The number of aromatic nitrogens is 2. The molecule has 1 aromatic heterocycles. The van der Waals surface area contributed by atoms with Gasteiger partial charge in [-0.3, -0.25) is 9.69 Å². The Labute approximate surface area is 158 Å². The summed E-state index contributed by atoms with van der Waals surface area (Å²) < 4.78 is 44.6. The fourth-order valence-corrected chi connectivity index (χ4v) is 3.13. The summed E-state index contributed by atoms with van der Waals surface area (Å²) in [4.78, 5) is 34.6. The van der Waals surface area contributed by atoms with Crippen LogP contribution in [0.1, 0.15) is 6.42 Å².